The van der Waals surface area contributed by atoms with Crippen LogP contribution in [-0.2, 0) is 0 Å². The molecule has 0 aromatic carbocycles. The van der Waals surface area contributed by atoms with Gasteiger partial charge in [0.25, 0.3) is 0 Å². The van der Waals surface area contributed by atoms with Gasteiger partial charge in [-0.2, -0.15) is 0 Å². The first-order chi connectivity index (χ1) is 3.35. The van der Waals surface area contributed by atoms with E-state index < -0.39 is 0 Å². The van der Waals surface area contributed by atoms with Gasteiger partial charge in [0.15, 0.2) is 0 Å². The van der Waals surface area contributed by atoms with Crippen LogP contribution in [0.2, 0.25) is 0 Å². The fourth-order valence-electron chi connectivity index (χ4n) is 0.250. The standard InChI is InChI=1S/C4H12N3.GeH4/c5-1-4(2-6)3-7;/h1-3,5-7H2;1H4. The van der Waals surface area contributed by atoms with Gasteiger partial charge in [0, 0.05) is 25.6 Å². The second-order valence-corrected chi connectivity index (χ2v) is 1.36. The molecule has 0 rings (SSSR count). The average molecular weight is 179 g/mol. The minimum atomic E-state index is 0. The third-order valence-corrected chi connectivity index (χ3v) is 0.866. The summed E-state index contributed by atoms with van der Waals surface area (Å²) in [6.07, 6.45) is 0. The number of hydrogen-bond acceptors (Lipinski definition) is 3. The van der Waals surface area contributed by atoms with Crippen LogP contribution in [0.15, 0.2) is 0 Å². The minimum absolute atomic E-state index is 0. The SMILES string of the molecule is NC[C](CN)CN.[GeH4]. The summed E-state index contributed by atoms with van der Waals surface area (Å²) >= 11 is 0. The van der Waals surface area contributed by atoms with Crippen molar-refractivity contribution < 1.29 is 0 Å². The molecule has 0 heterocycles. The summed E-state index contributed by atoms with van der Waals surface area (Å²) in [6.45, 7) is 1.56. The summed E-state index contributed by atoms with van der Waals surface area (Å²) in [5.41, 5.74) is 15.6. The molecule has 3 nitrogen and oxygen atoms in total. The molecule has 0 aliphatic rings. The normalized spacial score (nSPS) is 9.00. The van der Waals surface area contributed by atoms with Crippen LogP contribution in [0.25, 0.3) is 0 Å². The molecule has 6 N–H and O–H groups in total. The second-order valence-electron chi connectivity index (χ2n) is 1.36. The molecule has 0 saturated carbocycles. The maximum absolute atomic E-state index is 5.20. The van der Waals surface area contributed by atoms with Crippen molar-refractivity contribution in [3.63, 3.8) is 0 Å². The first-order valence-corrected chi connectivity index (χ1v) is 2.29. The van der Waals surface area contributed by atoms with Crippen molar-refractivity contribution in [1.82, 2.24) is 0 Å². The van der Waals surface area contributed by atoms with E-state index in [1.807, 2.05) is 0 Å². The van der Waals surface area contributed by atoms with Gasteiger partial charge >= 0.3 is 17.6 Å². The molecule has 0 aromatic rings. The van der Waals surface area contributed by atoms with Crippen LogP contribution in [0.4, 0.5) is 0 Å². The molecule has 0 amide bonds. The predicted molar refractivity (Wildman–Crippen MR) is 41.7 cm³/mol. The quantitative estimate of drug-likeness (QED) is 0.403. The first-order valence-electron chi connectivity index (χ1n) is 2.29. The summed E-state index contributed by atoms with van der Waals surface area (Å²) in [7, 11) is 0. The van der Waals surface area contributed by atoms with Crippen molar-refractivity contribution in [2.24, 2.45) is 17.2 Å². The van der Waals surface area contributed by atoms with Gasteiger partial charge in [-0.15, -0.1) is 0 Å². The molecule has 8 heavy (non-hydrogen) atoms. The molecular formula is C4H16GeN3. The third kappa shape index (κ3) is 4.58. The summed E-state index contributed by atoms with van der Waals surface area (Å²) in [5.74, 6) is 1.01. The molecule has 0 unspecified atom stereocenters. The van der Waals surface area contributed by atoms with E-state index in [0.29, 0.717) is 19.6 Å². The fourth-order valence-corrected chi connectivity index (χ4v) is 0.250. The maximum atomic E-state index is 5.20. The van der Waals surface area contributed by atoms with Crippen LogP contribution >= 0.6 is 0 Å². The molecule has 0 aliphatic heterocycles. The molecule has 0 atom stereocenters. The third-order valence-electron chi connectivity index (χ3n) is 0.866. The van der Waals surface area contributed by atoms with Crippen LogP contribution in [0, 0.1) is 5.92 Å². The van der Waals surface area contributed by atoms with E-state index in [1.54, 1.807) is 0 Å². The van der Waals surface area contributed by atoms with Gasteiger partial charge in [-0.1, -0.05) is 0 Å². The van der Waals surface area contributed by atoms with E-state index >= 15 is 0 Å². The molecule has 51 valence electrons. The Kier molecular flexibility index (Phi) is 10.4. The monoisotopic (exact) mass is 180 g/mol. The van der Waals surface area contributed by atoms with E-state index in [9.17, 15) is 0 Å². The molecule has 0 spiro atoms. The Bertz CT molecular complexity index is 32.8. The zero-order valence-electron chi connectivity index (χ0n) is 4.35. The average Bonchev–Trinajstić information content (AvgIpc) is 1.72. The summed E-state index contributed by atoms with van der Waals surface area (Å²) in [6, 6.07) is 0. The number of rotatable bonds is 3. The van der Waals surface area contributed by atoms with Gasteiger partial charge in [0.05, 0.1) is 0 Å². The van der Waals surface area contributed by atoms with Crippen molar-refractivity contribution in [1.29, 1.82) is 0 Å². The van der Waals surface area contributed by atoms with Crippen molar-refractivity contribution in [2.45, 2.75) is 0 Å². The van der Waals surface area contributed by atoms with E-state index in [2.05, 4.69) is 0 Å². The molecule has 0 saturated heterocycles. The molecule has 0 fully saturated rings. The zero-order chi connectivity index (χ0) is 5.70. The summed E-state index contributed by atoms with van der Waals surface area (Å²) in [5, 5.41) is 0. The van der Waals surface area contributed by atoms with Crippen molar-refractivity contribution in [3.05, 3.63) is 5.92 Å². The van der Waals surface area contributed by atoms with Gasteiger partial charge in [-0.05, 0) is 0 Å². The Balaban J connectivity index is 0. The molecule has 0 aromatic heterocycles. The van der Waals surface area contributed by atoms with Crippen LogP contribution in [0.1, 0.15) is 0 Å². The topological polar surface area (TPSA) is 78.1 Å². The van der Waals surface area contributed by atoms with Crippen LogP contribution in [0.5, 0.6) is 0 Å². The van der Waals surface area contributed by atoms with Crippen LogP contribution < -0.4 is 17.2 Å². The predicted octanol–water partition coefficient (Wildman–Crippen LogP) is -3.01. The van der Waals surface area contributed by atoms with Crippen molar-refractivity contribution >= 4 is 17.6 Å². The van der Waals surface area contributed by atoms with Gasteiger partial charge in [-0.25, -0.2) is 0 Å². The van der Waals surface area contributed by atoms with E-state index in [1.165, 1.54) is 0 Å². The molecule has 0 bridgehead atoms. The van der Waals surface area contributed by atoms with Crippen molar-refractivity contribution in [2.75, 3.05) is 19.6 Å². The Morgan fingerprint density at radius 1 is 0.875 bits per heavy atom. The molecule has 0 aliphatic carbocycles. The van der Waals surface area contributed by atoms with E-state index in [4.69, 9.17) is 17.2 Å². The molecule has 4 heteroatoms. The van der Waals surface area contributed by atoms with Crippen molar-refractivity contribution in [3.8, 4) is 0 Å². The second kappa shape index (κ2) is 7.42. The zero-order valence-corrected chi connectivity index (χ0v) is 4.35. The first kappa shape index (κ1) is 11.2. The summed E-state index contributed by atoms with van der Waals surface area (Å²) < 4.78 is 0. The summed E-state index contributed by atoms with van der Waals surface area (Å²) in [4.78, 5) is 0. The van der Waals surface area contributed by atoms with E-state index in [-0.39, 0.29) is 17.6 Å². The number of nitrogens with two attached hydrogens (primary N) is 3. The van der Waals surface area contributed by atoms with E-state index in [0.717, 1.165) is 5.92 Å². The van der Waals surface area contributed by atoms with Gasteiger partial charge in [-0.3, -0.25) is 0 Å². The Labute approximate surface area is 61.0 Å². The Morgan fingerprint density at radius 2 is 1.12 bits per heavy atom. The van der Waals surface area contributed by atoms with Gasteiger partial charge < -0.3 is 17.2 Å². The Hall–Kier alpha value is 0.423. The van der Waals surface area contributed by atoms with Crippen LogP contribution in [-0.4, -0.2) is 37.2 Å². The molecular weight excluding hydrogens is 163 g/mol. The fraction of sp³-hybridized carbons (Fsp3) is 0.750. The molecule has 1 radical (unpaired) electrons. The van der Waals surface area contributed by atoms with Gasteiger partial charge in [0.2, 0.25) is 0 Å². The number of hydrogen-bond donors (Lipinski definition) is 3. The van der Waals surface area contributed by atoms with Gasteiger partial charge in [0.1, 0.15) is 0 Å². The Morgan fingerprint density at radius 3 is 1.12 bits per heavy atom. The van der Waals surface area contributed by atoms with Crippen LogP contribution in [0.3, 0.4) is 0 Å².